The van der Waals surface area contributed by atoms with Gasteiger partial charge in [-0.3, -0.25) is 9.59 Å². The molecule has 202 valence electrons. The van der Waals surface area contributed by atoms with Gasteiger partial charge in [0.1, 0.15) is 6.04 Å². The third-order valence-electron chi connectivity index (χ3n) is 7.80. The van der Waals surface area contributed by atoms with E-state index in [0.717, 1.165) is 11.3 Å². The molecule has 37 heavy (non-hydrogen) atoms. The van der Waals surface area contributed by atoms with Crippen LogP contribution in [0.25, 0.3) is 0 Å². The van der Waals surface area contributed by atoms with E-state index < -0.39 is 33.6 Å². The zero-order valence-corrected chi connectivity index (χ0v) is 23.2. The minimum absolute atomic E-state index is 0.139. The minimum Gasteiger partial charge on any atom is -0.325 e. The number of sulfonamides is 1. The Morgan fingerprint density at radius 2 is 1.95 bits per heavy atom. The topological polar surface area (TPSA) is 131 Å². The van der Waals surface area contributed by atoms with E-state index in [1.807, 2.05) is 58.9 Å². The monoisotopic (exact) mass is 529 g/mol. The SMILES string of the molecule is CC(C)C[C@H](NC[C@@H](NS(=O)(=O)C1CC1)C(C)(C)C)C(=O)N1C[C@]2(C[C@H]1C#N)C(=O)Nc1ccccc12. The van der Waals surface area contributed by atoms with Gasteiger partial charge in [0.05, 0.1) is 22.8 Å². The smallest absolute Gasteiger partial charge is 0.240 e. The summed E-state index contributed by atoms with van der Waals surface area (Å²) in [4.78, 5) is 28.6. The van der Waals surface area contributed by atoms with Crippen LogP contribution in [0.3, 0.4) is 0 Å². The lowest BCUT2D eigenvalue weighted by Crippen LogP contribution is -2.55. The van der Waals surface area contributed by atoms with Gasteiger partial charge in [-0.15, -0.1) is 0 Å². The third kappa shape index (κ3) is 5.54. The Hall–Kier alpha value is -2.48. The van der Waals surface area contributed by atoms with Crippen LogP contribution in [0.15, 0.2) is 24.3 Å². The number of nitrogens with zero attached hydrogens (tertiary/aromatic N) is 2. The molecular weight excluding hydrogens is 490 g/mol. The third-order valence-corrected chi connectivity index (χ3v) is 9.77. The van der Waals surface area contributed by atoms with E-state index in [1.54, 1.807) is 4.90 Å². The first-order valence-corrected chi connectivity index (χ1v) is 14.7. The second-order valence-electron chi connectivity index (χ2n) is 12.3. The van der Waals surface area contributed by atoms with Gasteiger partial charge >= 0.3 is 0 Å². The number of fused-ring (bicyclic) bond motifs is 2. The summed E-state index contributed by atoms with van der Waals surface area (Å²) in [6, 6.07) is 7.94. The summed E-state index contributed by atoms with van der Waals surface area (Å²) >= 11 is 0. The number of para-hydroxylation sites is 1. The van der Waals surface area contributed by atoms with Gasteiger partial charge < -0.3 is 15.5 Å². The quantitative estimate of drug-likeness (QED) is 0.450. The van der Waals surface area contributed by atoms with Gasteiger partial charge in [-0.2, -0.15) is 5.26 Å². The number of carbonyl (C=O) groups excluding carboxylic acids is 2. The molecule has 1 aromatic carbocycles. The molecule has 1 saturated heterocycles. The van der Waals surface area contributed by atoms with Crippen LogP contribution in [0, 0.1) is 22.7 Å². The minimum atomic E-state index is -3.41. The Labute approximate surface area is 220 Å². The fraction of sp³-hybridized carbons (Fsp3) is 0.667. The maximum atomic E-state index is 13.9. The molecule has 0 bridgehead atoms. The van der Waals surface area contributed by atoms with Crippen molar-refractivity contribution in [2.75, 3.05) is 18.4 Å². The van der Waals surface area contributed by atoms with Gasteiger partial charge in [0.25, 0.3) is 0 Å². The molecule has 4 rings (SSSR count). The van der Waals surface area contributed by atoms with E-state index in [1.165, 1.54) is 0 Å². The van der Waals surface area contributed by atoms with Crippen molar-refractivity contribution in [2.45, 2.75) is 89.1 Å². The number of rotatable bonds is 9. The van der Waals surface area contributed by atoms with Crippen molar-refractivity contribution in [3.8, 4) is 6.07 Å². The first-order valence-electron chi connectivity index (χ1n) is 13.1. The van der Waals surface area contributed by atoms with E-state index in [0.29, 0.717) is 19.3 Å². The molecule has 0 unspecified atom stereocenters. The lowest BCUT2D eigenvalue weighted by Gasteiger charge is -2.34. The molecule has 0 radical (unpaired) electrons. The Kier molecular flexibility index (Phi) is 7.45. The molecule has 2 heterocycles. The summed E-state index contributed by atoms with van der Waals surface area (Å²) in [7, 11) is -3.41. The van der Waals surface area contributed by atoms with Gasteiger partial charge in [0.2, 0.25) is 21.8 Å². The second-order valence-corrected chi connectivity index (χ2v) is 14.3. The highest BCUT2D eigenvalue weighted by molar-refractivity contribution is 7.90. The molecule has 1 aromatic rings. The predicted octanol–water partition coefficient (Wildman–Crippen LogP) is 2.50. The molecule has 10 heteroatoms. The molecule has 1 saturated carbocycles. The van der Waals surface area contributed by atoms with Crippen molar-refractivity contribution in [2.24, 2.45) is 11.3 Å². The van der Waals surface area contributed by atoms with Gasteiger partial charge in [-0.05, 0) is 42.2 Å². The van der Waals surface area contributed by atoms with Crippen LogP contribution in [-0.4, -0.2) is 61.6 Å². The van der Waals surface area contributed by atoms with E-state index >= 15 is 0 Å². The number of carbonyl (C=O) groups is 2. The molecule has 9 nitrogen and oxygen atoms in total. The highest BCUT2D eigenvalue weighted by Crippen LogP contribution is 2.46. The lowest BCUT2D eigenvalue weighted by atomic mass is 9.80. The molecule has 3 aliphatic rings. The van der Waals surface area contributed by atoms with Crippen LogP contribution in [0.4, 0.5) is 5.69 Å². The van der Waals surface area contributed by atoms with Crippen LogP contribution in [0.2, 0.25) is 0 Å². The molecule has 2 amide bonds. The van der Waals surface area contributed by atoms with Gasteiger partial charge in [0, 0.05) is 31.2 Å². The molecule has 0 aromatic heterocycles. The molecule has 3 N–H and O–H groups in total. The summed E-state index contributed by atoms with van der Waals surface area (Å²) < 4.78 is 28.2. The van der Waals surface area contributed by atoms with Crippen molar-refractivity contribution >= 4 is 27.5 Å². The summed E-state index contributed by atoms with van der Waals surface area (Å²) in [5.74, 6) is -0.225. The fourth-order valence-corrected chi connectivity index (χ4v) is 7.17. The van der Waals surface area contributed by atoms with Gasteiger partial charge in [-0.25, -0.2) is 13.1 Å². The average Bonchev–Trinajstić information content (AvgIpc) is 3.56. The second kappa shape index (κ2) is 10.0. The van der Waals surface area contributed by atoms with Crippen molar-refractivity contribution in [3.63, 3.8) is 0 Å². The van der Waals surface area contributed by atoms with Crippen molar-refractivity contribution < 1.29 is 18.0 Å². The molecular formula is C27H39N5O4S. The van der Waals surface area contributed by atoms with Crippen molar-refractivity contribution in [1.29, 1.82) is 5.26 Å². The van der Waals surface area contributed by atoms with Crippen LogP contribution in [-0.2, 0) is 25.0 Å². The first-order chi connectivity index (χ1) is 17.3. The maximum absolute atomic E-state index is 13.9. The van der Waals surface area contributed by atoms with E-state index in [2.05, 4.69) is 21.4 Å². The largest absolute Gasteiger partial charge is 0.325 e. The Morgan fingerprint density at radius 3 is 2.54 bits per heavy atom. The number of benzene rings is 1. The summed E-state index contributed by atoms with van der Waals surface area (Å²) in [5.41, 5.74) is 0.236. The Morgan fingerprint density at radius 1 is 1.27 bits per heavy atom. The lowest BCUT2D eigenvalue weighted by molar-refractivity contribution is -0.134. The zero-order chi connectivity index (χ0) is 27.2. The highest BCUT2D eigenvalue weighted by atomic mass is 32.2. The van der Waals surface area contributed by atoms with Crippen LogP contribution < -0.4 is 15.4 Å². The molecule has 4 atom stereocenters. The number of amides is 2. The Balaban J connectivity index is 1.55. The number of anilines is 1. The highest BCUT2D eigenvalue weighted by Gasteiger charge is 2.56. The number of likely N-dealkylation sites (tertiary alicyclic amines) is 1. The standard InChI is InChI=1S/C27H39N5O4S/c1-17(2)12-22(29-15-23(26(3,4)5)31-37(35,36)19-10-11-19)24(33)32-16-27(13-18(32)14-28)20-8-6-7-9-21(20)30-25(27)34/h6-9,17-19,22-23,29,31H,10-13,15-16H2,1-5H3,(H,30,34)/t18-,22-,23+,27-/m0/s1. The first kappa shape index (κ1) is 27.6. The summed E-state index contributed by atoms with van der Waals surface area (Å²) in [5, 5.41) is 15.9. The normalized spacial score (nSPS) is 25.2. The Bertz CT molecular complexity index is 1200. The van der Waals surface area contributed by atoms with Gasteiger partial charge in [0.15, 0.2) is 0 Å². The summed E-state index contributed by atoms with van der Waals surface area (Å²) in [6.45, 7) is 10.4. The molecule has 2 aliphatic heterocycles. The number of nitrogens with one attached hydrogen (secondary N) is 3. The van der Waals surface area contributed by atoms with Crippen LogP contribution >= 0.6 is 0 Å². The van der Waals surface area contributed by atoms with Crippen LogP contribution in [0.5, 0.6) is 0 Å². The molecule has 2 fully saturated rings. The number of hydrogen-bond donors (Lipinski definition) is 3. The zero-order valence-electron chi connectivity index (χ0n) is 22.4. The van der Waals surface area contributed by atoms with Crippen molar-refractivity contribution in [1.82, 2.24) is 14.9 Å². The van der Waals surface area contributed by atoms with Crippen LogP contribution in [0.1, 0.15) is 65.9 Å². The van der Waals surface area contributed by atoms with E-state index in [9.17, 15) is 23.3 Å². The average molecular weight is 530 g/mol. The molecule has 1 aliphatic carbocycles. The van der Waals surface area contributed by atoms with E-state index in [-0.39, 0.29) is 47.9 Å². The maximum Gasteiger partial charge on any atom is 0.240 e. The fourth-order valence-electron chi connectivity index (χ4n) is 5.39. The summed E-state index contributed by atoms with van der Waals surface area (Å²) in [6.07, 6.45) is 2.13. The van der Waals surface area contributed by atoms with Gasteiger partial charge in [-0.1, -0.05) is 52.8 Å². The van der Waals surface area contributed by atoms with E-state index in [4.69, 9.17) is 0 Å². The number of nitriles is 1. The van der Waals surface area contributed by atoms with Crippen molar-refractivity contribution in [3.05, 3.63) is 29.8 Å². The molecule has 1 spiro atoms. The predicted molar refractivity (Wildman–Crippen MR) is 142 cm³/mol. The number of hydrogen-bond acceptors (Lipinski definition) is 6.